The van der Waals surface area contributed by atoms with Crippen LogP contribution in [-0.4, -0.2) is 47.7 Å². The van der Waals surface area contributed by atoms with E-state index in [0.717, 1.165) is 0 Å². The first kappa shape index (κ1) is 24.3. The number of methoxy groups -OCH3 is 1. The van der Waals surface area contributed by atoms with Crippen LogP contribution < -0.4 is 0 Å². The molecule has 1 aromatic rings. The van der Waals surface area contributed by atoms with Crippen molar-refractivity contribution in [3.05, 3.63) is 36.3 Å². The van der Waals surface area contributed by atoms with Crippen molar-refractivity contribution in [1.82, 2.24) is 0 Å². The molecule has 0 radical (unpaired) electrons. The summed E-state index contributed by atoms with van der Waals surface area (Å²) < 4.78 is 23.0. The van der Waals surface area contributed by atoms with Gasteiger partial charge in [-0.2, -0.15) is 0 Å². The lowest BCUT2D eigenvalue weighted by Crippen LogP contribution is -2.75. The number of aliphatic hydroxyl groups excluding tert-OH is 1. The fourth-order valence-corrected chi connectivity index (χ4v) is 8.01. The van der Waals surface area contributed by atoms with E-state index >= 15 is 0 Å². The lowest BCUT2D eigenvalue weighted by Gasteiger charge is -2.71. The fourth-order valence-electron chi connectivity index (χ4n) is 8.01. The predicted octanol–water partition coefficient (Wildman–Crippen LogP) is 3.53. The number of hydrogen-bond donors (Lipinski definition) is 1. The summed E-state index contributed by atoms with van der Waals surface area (Å²) in [4.78, 5) is 38.9. The van der Waals surface area contributed by atoms with E-state index in [4.69, 9.17) is 18.6 Å². The molecule has 4 aliphatic rings. The van der Waals surface area contributed by atoms with Gasteiger partial charge in [-0.3, -0.25) is 14.4 Å². The van der Waals surface area contributed by atoms with Gasteiger partial charge in [-0.15, -0.1) is 0 Å². The summed E-state index contributed by atoms with van der Waals surface area (Å²) >= 11 is 0. The molecule has 2 aliphatic carbocycles. The van der Waals surface area contributed by atoms with Crippen LogP contribution in [0.1, 0.15) is 65.0 Å². The van der Waals surface area contributed by atoms with Crippen molar-refractivity contribution >= 4 is 17.7 Å². The van der Waals surface area contributed by atoms with E-state index in [-0.39, 0.29) is 25.0 Å². The minimum absolute atomic E-state index is 0.0168. The number of fused-ring (bicyclic) bond motifs is 3. The molecule has 0 amide bonds. The zero-order chi connectivity index (χ0) is 25.6. The van der Waals surface area contributed by atoms with Crippen molar-refractivity contribution in [2.75, 3.05) is 7.11 Å². The van der Waals surface area contributed by atoms with E-state index in [2.05, 4.69) is 6.58 Å². The van der Waals surface area contributed by atoms with Crippen molar-refractivity contribution in [3.8, 4) is 0 Å². The molecule has 35 heavy (non-hydrogen) atoms. The number of esters is 2. The second-order valence-electron chi connectivity index (χ2n) is 11.8. The van der Waals surface area contributed by atoms with Gasteiger partial charge >= 0.3 is 11.9 Å². The number of cyclic esters (lactones) is 1. The predicted molar refractivity (Wildman–Crippen MR) is 123 cm³/mol. The van der Waals surface area contributed by atoms with Crippen molar-refractivity contribution in [3.63, 3.8) is 0 Å². The van der Waals surface area contributed by atoms with Crippen LogP contribution in [0, 0.1) is 28.1 Å². The second kappa shape index (κ2) is 7.53. The largest absolute Gasteiger partial charge is 0.472 e. The molecule has 1 N–H and O–H groups in total. The Bertz CT molecular complexity index is 1090. The van der Waals surface area contributed by atoms with Crippen LogP contribution in [0.25, 0.3) is 0 Å². The van der Waals surface area contributed by atoms with E-state index in [1.807, 2.05) is 27.7 Å². The number of hydrogen-bond acceptors (Lipinski definition) is 8. The minimum atomic E-state index is -1.13. The van der Waals surface area contributed by atoms with Gasteiger partial charge in [-0.25, -0.2) is 0 Å². The molecular formula is C27H34O8. The summed E-state index contributed by atoms with van der Waals surface area (Å²) in [5.41, 5.74) is -2.27. The molecule has 5 rings (SSSR count). The van der Waals surface area contributed by atoms with Gasteiger partial charge in [0.05, 0.1) is 38.3 Å². The molecule has 2 saturated heterocycles. The Morgan fingerprint density at radius 1 is 1.26 bits per heavy atom. The summed E-state index contributed by atoms with van der Waals surface area (Å²) in [5, 5.41) is 11.7. The molecule has 2 bridgehead atoms. The zero-order valence-electron chi connectivity index (χ0n) is 21.0. The van der Waals surface area contributed by atoms with Gasteiger partial charge in [-0.05, 0) is 24.0 Å². The Kier molecular flexibility index (Phi) is 5.22. The maximum absolute atomic E-state index is 13.4. The molecule has 2 saturated carbocycles. The lowest BCUT2D eigenvalue weighted by molar-refractivity contribution is -0.313. The van der Waals surface area contributed by atoms with Crippen molar-refractivity contribution in [1.29, 1.82) is 0 Å². The van der Waals surface area contributed by atoms with Gasteiger partial charge in [0.15, 0.2) is 0 Å². The molecule has 1 spiro atoms. The molecule has 0 aromatic carbocycles. The van der Waals surface area contributed by atoms with E-state index in [1.54, 1.807) is 6.07 Å². The third kappa shape index (κ3) is 2.96. The molecule has 2 aliphatic heterocycles. The smallest absolute Gasteiger partial charge is 0.309 e. The summed E-state index contributed by atoms with van der Waals surface area (Å²) in [7, 11) is 1.33. The molecule has 1 aromatic heterocycles. The van der Waals surface area contributed by atoms with Crippen LogP contribution in [0.3, 0.4) is 0 Å². The van der Waals surface area contributed by atoms with Gasteiger partial charge in [0.25, 0.3) is 0 Å². The van der Waals surface area contributed by atoms with Crippen LogP contribution in [0.2, 0.25) is 0 Å². The number of ketones is 1. The number of ether oxygens (including phenoxy) is 3. The highest BCUT2D eigenvalue weighted by Crippen LogP contribution is 2.71. The first-order chi connectivity index (χ1) is 16.3. The van der Waals surface area contributed by atoms with Crippen molar-refractivity contribution < 1.29 is 38.1 Å². The standard InChI is InChI=1S/C27H34O8/c1-14-22-16(28)11-25(4)23(15-7-8-33-13-15)34-21(31)12-27(14,25)35-19-10-18(29)24(2,3)17(26(19,22)5)9-20(30)32-6/h7-8,13,16-17,19,22-23,28H,1,9-12H2,2-6H3. The maximum atomic E-state index is 13.4. The van der Waals surface area contributed by atoms with Gasteiger partial charge in [0, 0.05) is 40.6 Å². The van der Waals surface area contributed by atoms with Gasteiger partial charge < -0.3 is 23.7 Å². The van der Waals surface area contributed by atoms with Crippen molar-refractivity contribution in [2.45, 2.75) is 77.3 Å². The van der Waals surface area contributed by atoms with Crippen LogP contribution in [0.4, 0.5) is 0 Å². The number of furan rings is 1. The van der Waals surface area contributed by atoms with Crippen LogP contribution in [-0.2, 0) is 28.6 Å². The minimum Gasteiger partial charge on any atom is -0.472 e. The third-order valence-electron chi connectivity index (χ3n) is 9.92. The summed E-state index contributed by atoms with van der Waals surface area (Å²) in [6.07, 6.45) is 1.28. The SMILES string of the molecule is C=C1C2C(O)CC3(C)C(c4ccoc4)OC(=O)CC13OC1CC(=O)C(C)(C)C(CC(=O)OC)C12C. The lowest BCUT2D eigenvalue weighted by atomic mass is 9.41. The second-order valence-corrected chi connectivity index (χ2v) is 11.8. The Morgan fingerprint density at radius 3 is 2.60 bits per heavy atom. The maximum Gasteiger partial charge on any atom is 0.309 e. The number of Topliss-reactive ketones (excluding diaryl/α,β-unsaturated/α-hetero) is 1. The van der Waals surface area contributed by atoms with E-state index in [1.165, 1.54) is 19.6 Å². The summed E-state index contributed by atoms with van der Waals surface area (Å²) in [6, 6.07) is 1.75. The summed E-state index contributed by atoms with van der Waals surface area (Å²) in [5.74, 6) is -1.79. The Hall–Kier alpha value is -2.45. The Morgan fingerprint density at radius 2 is 1.97 bits per heavy atom. The Balaban J connectivity index is 1.67. The van der Waals surface area contributed by atoms with Crippen LogP contribution in [0.5, 0.6) is 0 Å². The molecule has 4 fully saturated rings. The number of rotatable bonds is 3. The highest BCUT2D eigenvalue weighted by atomic mass is 16.6. The van der Waals surface area contributed by atoms with Gasteiger partial charge in [-0.1, -0.05) is 34.3 Å². The molecule has 8 heteroatoms. The molecule has 8 nitrogen and oxygen atoms in total. The van der Waals surface area contributed by atoms with Crippen molar-refractivity contribution in [2.24, 2.45) is 28.1 Å². The van der Waals surface area contributed by atoms with E-state index in [0.29, 0.717) is 17.6 Å². The average molecular weight is 487 g/mol. The quantitative estimate of drug-likeness (QED) is 0.510. The first-order valence-electron chi connectivity index (χ1n) is 12.2. The average Bonchev–Trinajstić information content (AvgIpc) is 3.30. The molecular weight excluding hydrogens is 452 g/mol. The molecule has 3 heterocycles. The molecule has 8 atom stereocenters. The van der Waals surface area contributed by atoms with E-state index in [9.17, 15) is 19.5 Å². The summed E-state index contributed by atoms with van der Waals surface area (Å²) in [6.45, 7) is 12.1. The van der Waals surface area contributed by atoms with E-state index < -0.39 is 63.9 Å². The first-order valence-corrected chi connectivity index (χ1v) is 12.2. The highest BCUT2D eigenvalue weighted by Gasteiger charge is 2.75. The normalized spacial score (nSPS) is 44.2. The zero-order valence-corrected chi connectivity index (χ0v) is 21.0. The molecule has 8 unspecified atom stereocenters. The topological polar surface area (TPSA) is 112 Å². The highest BCUT2D eigenvalue weighted by molar-refractivity contribution is 5.87. The van der Waals surface area contributed by atoms with Crippen LogP contribution >= 0.6 is 0 Å². The molecule has 190 valence electrons. The fraction of sp³-hybridized carbons (Fsp3) is 0.667. The number of carbonyl (C=O) groups is 3. The number of aliphatic hydroxyl groups is 1. The Labute approximate surface area is 205 Å². The van der Waals surface area contributed by atoms with Crippen LogP contribution in [0.15, 0.2) is 35.2 Å². The number of carbonyl (C=O) groups excluding carboxylic acids is 3. The third-order valence-corrected chi connectivity index (χ3v) is 9.92. The monoisotopic (exact) mass is 486 g/mol. The van der Waals surface area contributed by atoms with Gasteiger partial charge in [0.2, 0.25) is 0 Å². The van der Waals surface area contributed by atoms with Gasteiger partial charge in [0.1, 0.15) is 17.5 Å².